The van der Waals surface area contributed by atoms with E-state index in [-0.39, 0.29) is 16.4 Å². The first-order valence-corrected chi connectivity index (χ1v) is 12.8. The van der Waals surface area contributed by atoms with Crippen LogP contribution in [-0.4, -0.2) is 66.9 Å². The number of hydrogen-bond donors (Lipinski definition) is 4. The number of nitrogens with zero attached hydrogens (tertiary/aromatic N) is 2. The van der Waals surface area contributed by atoms with Gasteiger partial charge in [0.15, 0.2) is 5.13 Å². The number of carbonyl (C=O) groups excluding carboxylic acids is 3. The highest BCUT2D eigenvalue weighted by atomic mass is 32.2. The van der Waals surface area contributed by atoms with Gasteiger partial charge in [0, 0.05) is 11.0 Å². The van der Waals surface area contributed by atoms with Crippen LogP contribution in [0.25, 0.3) is 0 Å². The lowest BCUT2D eigenvalue weighted by Crippen LogP contribution is -2.62. The summed E-state index contributed by atoms with van der Waals surface area (Å²) in [5.74, 6) is -3.08. The molecule has 3 atom stereocenters. The van der Waals surface area contributed by atoms with Crippen LogP contribution in [0.3, 0.4) is 0 Å². The Hall–Kier alpha value is -2.90. The van der Waals surface area contributed by atoms with Crippen LogP contribution in [0.2, 0.25) is 0 Å². The van der Waals surface area contributed by atoms with Crippen molar-refractivity contribution in [2.75, 3.05) is 11.9 Å². The van der Waals surface area contributed by atoms with E-state index in [4.69, 9.17) is 4.74 Å². The third-order valence-electron chi connectivity index (χ3n) is 5.00. The van der Waals surface area contributed by atoms with Gasteiger partial charge in [0.1, 0.15) is 28.0 Å². The van der Waals surface area contributed by atoms with E-state index in [9.17, 15) is 29.4 Å². The SMILES string of the molecule is CCC/C=C/C(=O)NC1S[C@@H]2[C@H](c3csc(NC(=O)OC(C)(C)C)n3)C(=O)N2C(C(=O)O)=C1CO. The summed E-state index contributed by atoms with van der Waals surface area (Å²) in [6, 6.07) is 0. The quantitative estimate of drug-likeness (QED) is 0.296. The van der Waals surface area contributed by atoms with Crippen LogP contribution >= 0.6 is 23.1 Å². The number of carboxylic acid groups (broad SMARTS) is 1. The third kappa shape index (κ3) is 6.03. The Morgan fingerprint density at radius 3 is 2.63 bits per heavy atom. The number of amides is 3. The van der Waals surface area contributed by atoms with Gasteiger partial charge >= 0.3 is 12.1 Å². The van der Waals surface area contributed by atoms with Crippen molar-refractivity contribution in [1.29, 1.82) is 0 Å². The first kappa shape index (κ1) is 26.7. The predicted octanol–water partition coefficient (Wildman–Crippen LogP) is 2.62. The van der Waals surface area contributed by atoms with Gasteiger partial charge in [0.2, 0.25) is 11.8 Å². The number of thiazole rings is 1. The molecule has 3 amide bonds. The van der Waals surface area contributed by atoms with E-state index < -0.39 is 52.8 Å². The zero-order valence-electron chi connectivity index (χ0n) is 19.7. The number of fused-ring (bicyclic) bond motifs is 1. The van der Waals surface area contributed by atoms with Gasteiger partial charge in [-0.05, 0) is 33.3 Å². The molecule has 0 saturated carbocycles. The molecule has 190 valence electrons. The van der Waals surface area contributed by atoms with Gasteiger partial charge in [0.25, 0.3) is 0 Å². The van der Waals surface area contributed by atoms with Gasteiger partial charge in [-0.2, -0.15) is 0 Å². The Morgan fingerprint density at radius 1 is 1.31 bits per heavy atom. The summed E-state index contributed by atoms with van der Waals surface area (Å²) in [5.41, 5.74) is -0.636. The molecule has 1 saturated heterocycles. The molecule has 1 fully saturated rings. The van der Waals surface area contributed by atoms with Gasteiger partial charge < -0.3 is 20.3 Å². The fourth-order valence-electron chi connectivity index (χ4n) is 3.55. The standard InChI is InChI=1S/C22H28N4O7S2/c1-5-6-7-8-13(28)24-16-11(9-27)15(19(30)31)26-17(29)14(18(26)35-16)12-10-34-20(23-12)25-21(32)33-22(2,3)4/h7-8,10,14,16,18,27H,5-6,9H2,1-4H3,(H,24,28)(H,30,31)(H,23,25,32)/b8-7+/t14-,16?,18-/m1/s1. The molecular weight excluding hydrogens is 496 g/mol. The van der Waals surface area contributed by atoms with E-state index >= 15 is 0 Å². The lowest BCUT2D eigenvalue weighted by molar-refractivity contribution is -0.148. The Balaban J connectivity index is 1.82. The lowest BCUT2D eigenvalue weighted by Gasteiger charge is -2.50. The van der Waals surface area contributed by atoms with Gasteiger partial charge in [0.05, 0.1) is 12.3 Å². The summed E-state index contributed by atoms with van der Waals surface area (Å²) >= 11 is 2.26. The molecule has 0 radical (unpaired) electrons. The zero-order valence-corrected chi connectivity index (χ0v) is 21.4. The van der Waals surface area contributed by atoms with E-state index in [1.807, 2.05) is 6.92 Å². The maximum Gasteiger partial charge on any atom is 0.413 e. The highest BCUT2D eigenvalue weighted by molar-refractivity contribution is 8.00. The van der Waals surface area contributed by atoms with E-state index in [2.05, 4.69) is 15.6 Å². The summed E-state index contributed by atoms with van der Waals surface area (Å²) in [4.78, 5) is 54.8. The first-order chi connectivity index (χ1) is 16.5. The summed E-state index contributed by atoms with van der Waals surface area (Å²) in [6.45, 7) is 6.51. The van der Waals surface area contributed by atoms with Crippen LogP contribution in [0.4, 0.5) is 9.93 Å². The number of anilines is 1. The topological polar surface area (TPSA) is 158 Å². The molecule has 2 aliphatic rings. The number of hydrogen-bond acceptors (Lipinski definition) is 9. The molecular formula is C22H28N4O7S2. The fraction of sp³-hybridized carbons (Fsp3) is 0.500. The highest BCUT2D eigenvalue weighted by Gasteiger charge is 2.57. The number of ether oxygens (including phenoxy) is 1. The molecule has 3 rings (SSSR count). The molecule has 0 bridgehead atoms. The number of nitrogens with one attached hydrogen (secondary N) is 2. The number of aliphatic hydroxyl groups is 1. The molecule has 11 nitrogen and oxygen atoms in total. The number of aromatic nitrogens is 1. The molecule has 0 aliphatic carbocycles. The molecule has 1 aromatic rings. The first-order valence-electron chi connectivity index (χ1n) is 10.9. The van der Waals surface area contributed by atoms with Crippen molar-refractivity contribution >= 4 is 52.1 Å². The van der Waals surface area contributed by atoms with Crippen LogP contribution < -0.4 is 10.6 Å². The second kappa shape index (κ2) is 10.8. The zero-order chi connectivity index (χ0) is 25.9. The van der Waals surface area contributed by atoms with Crippen molar-refractivity contribution in [2.45, 2.75) is 62.8 Å². The van der Waals surface area contributed by atoms with Crippen LogP contribution in [0.1, 0.15) is 52.1 Å². The number of allylic oxidation sites excluding steroid dienone is 1. The largest absolute Gasteiger partial charge is 0.477 e. The maximum atomic E-state index is 13.0. The second-order valence-corrected chi connectivity index (χ2v) is 10.9. The lowest BCUT2D eigenvalue weighted by atomic mass is 9.92. The molecule has 0 spiro atoms. The predicted molar refractivity (Wildman–Crippen MR) is 131 cm³/mol. The minimum atomic E-state index is -1.38. The molecule has 4 N–H and O–H groups in total. The van der Waals surface area contributed by atoms with Gasteiger partial charge in [-0.25, -0.2) is 14.6 Å². The summed E-state index contributed by atoms with van der Waals surface area (Å²) in [6.07, 6.45) is 3.97. The Labute approximate surface area is 210 Å². The third-order valence-corrected chi connectivity index (χ3v) is 7.21. The summed E-state index contributed by atoms with van der Waals surface area (Å²) in [7, 11) is 0. The number of carbonyl (C=O) groups is 4. The van der Waals surface area contributed by atoms with Crippen LogP contribution in [-0.2, 0) is 19.1 Å². The van der Waals surface area contributed by atoms with Gasteiger partial charge in [-0.15, -0.1) is 23.1 Å². The van der Waals surface area contributed by atoms with Crippen LogP contribution in [0.15, 0.2) is 28.8 Å². The van der Waals surface area contributed by atoms with E-state index in [1.54, 1.807) is 32.2 Å². The molecule has 0 aromatic carbocycles. The Morgan fingerprint density at radius 2 is 2.03 bits per heavy atom. The minimum Gasteiger partial charge on any atom is -0.477 e. The van der Waals surface area contributed by atoms with Gasteiger partial charge in [-0.1, -0.05) is 19.4 Å². The smallest absolute Gasteiger partial charge is 0.413 e. The summed E-state index contributed by atoms with van der Waals surface area (Å²) < 4.78 is 5.21. The number of rotatable bonds is 8. The molecule has 13 heteroatoms. The molecule has 1 unspecified atom stereocenters. The second-order valence-electron chi connectivity index (χ2n) is 8.83. The van der Waals surface area contributed by atoms with E-state index in [0.717, 1.165) is 34.4 Å². The van der Waals surface area contributed by atoms with E-state index in [0.29, 0.717) is 12.1 Å². The fourth-order valence-corrected chi connectivity index (χ4v) is 5.83. The molecule has 2 aliphatic heterocycles. The Kier molecular flexibility index (Phi) is 8.23. The van der Waals surface area contributed by atoms with E-state index in [1.165, 1.54) is 6.08 Å². The molecule has 35 heavy (non-hydrogen) atoms. The number of β-lactam (4-membered cyclic amide) rings is 1. The van der Waals surface area contributed by atoms with Crippen LogP contribution in [0.5, 0.6) is 0 Å². The number of unbranched alkanes of at least 4 members (excludes halogenated alkanes) is 1. The van der Waals surface area contributed by atoms with Crippen molar-refractivity contribution in [2.24, 2.45) is 0 Å². The normalized spacial score (nSPS) is 22.0. The van der Waals surface area contributed by atoms with Crippen molar-refractivity contribution < 1.29 is 34.1 Å². The van der Waals surface area contributed by atoms with Gasteiger partial charge in [-0.3, -0.25) is 19.8 Å². The van der Waals surface area contributed by atoms with Crippen LogP contribution in [0, 0.1) is 0 Å². The number of thioether (sulfide) groups is 1. The molecule has 1 aromatic heterocycles. The monoisotopic (exact) mass is 524 g/mol. The minimum absolute atomic E-state index is 0.0355. The average molecular weight is 525 g/mol. The number of aliphatic hydroxyl groups excluding tert-OH is 1. The number of carboxylic acids is 1. The number of aliphatic carboxylic acids is 1. The average Bonchev–Trinajstić information content (AvgIpc) is 3.18. The van der Waals surface area contributed by atoms with Crippen molar-refractivity contribution in [3.05, 3.63) is 34.5 Å². The van der Waals surface area contributed by atoms with Crippen molar-refractivity contribution in [1.82, 2.24) is 15.2 Å². The molecule has 3 heterocycles. The Bertz CT molecular complexity index is 1080. The van der Waals surface area contributed by atoms with Crippen molar-refractivity contribution in [3.8, 4) is 0 Å². The van der Waals surface area contributed by atoms with Crippen molar-refractivity contribution in [3.63, 3.8) is 0 Å². The maximum absolute atomic E-state index is 13.0. The highest BCUT2D eigenvalue weighted by Crippen LogP contribution is 2.50. The summed E-state index contributed by atoms with van der Waals surface area (Å²) in [5, 5.41) is 25.2.